The summed E-state index contributed by atoms with van der Waals surface area (Å²) in [6.45, 7) is 2.68. The second kappa shape index (κ2) is 6.24. The smallest absolute Gasteiger partial charge is 0.410 e. The Kier molecular flexibility index (Phi) is 3.92. The van der Waals surface area contributed by atoms with Gasteiger partial charge >= 0.3 is 6.09 Å². The number of fused-ring (bicyclic) bond motifs is 3. The van der Waals surface area contributed by atoms with Crippen LogP contribution in [0.2, 0.25) is 0 Å². The average Bonchev–Trinajstić information content (AvgIpc) is 2.93. The van der Waals surface area contributed by atoms with E-state index in [-0.39, 0.29) is 31.0 Å². The molecule has 0 bridgehead atoms. The highest BCUT2D eigenvalue weighted by Gasteiger charge is 2.31. The van der Waals surface area contributed by atoms with Gasteiger partial charge in [0.2, 0.25) is 5.91 Å². The van der Waals surface area contributed by atoms with Crippen LogP contribution >= 0.6 is 0 Å². The summed E-state index contributed by atoms with van der Waals surface area (Å²) < 4.78 is 5.58. The van der Waals surface area contributed by atoms with Crippen LogP contribution in [0.25, 0.3) is 11.1 Å². The number of benzene rings is 2. The second-order valence-electron chi connectivity index (χ2n) is 6.65. The fraction of sp³-hybridized carbons (Fsp3) is 0.300. The maximum absolute atomic E-state index is 12.4. The molecule has 2 amide bonds. The first-order valence-corrected chi connectivity index (χ1v) is 8.53. The Morgan fingerprint density at radius 2 is 1.72 bits per heavy atom. The van der Waals surface area contributed by atoms with Gasteiger partial charge in [-0.25, -0.2) is 4.79 Å². The average molecular weight is 336 g/mol. The van der Waals surface area contributed by atoms with Crippen molar-refractivity contribution in [1.82, 2.24) is 10.2 Å². The van der Waals surface area contributed by atoms with Crippen molar-refractivity contribution in [3.8, 4) is 11.1 Å². The lowest BCUT2D eigenvalue weighted by molar-refractivity contribution is -0.124. The molecule has 5 nitrogen and oxygen atoms in total. The topological polar surface area (TPSA) is 58.6 Å². The van der Waals surface area contributed by atoms with E-state index >= 15 is 0 Å². The molecule has 4 rings (SSSR count). The lowest BCUT2D eigenvalue weighted by atomic mass is 9.98. The highest BCUT2D eigenvalue weighted by Crippen LogP contribution is 2.44. The molecule has 2 aliphatic rings. The molecule has 5 heteroatoms. The highest BCUT2D eigenvalue weighted by atomic mass is 16.6. The molecule has 0 saturated carbocycles. The lowest BCUT2D eigenvalue weighted by Gasteiger charge is -2.30. The van der Waals surface area contributed by atoms with Crippen LogP contribution in [-0.4, -0.2) is 42.6 Å². The molecule has 2 aromatic carbocycles. The molecule has 0 unspecified atom stereocenters. The Morgan fingerprint density at radius 3 is 2.32 bits per heavy atom. The number of ether oxygens (including phenoxy) is 1. The normalized spacial score (nSPS) is 19.2. The van der Waals surface area contributed by atoms with Crippen LogP contribution < -0.4 is 5.32 Å². The predicted molar refractivity (Wildman–Crippen MR) is 94.2 cm³/mol. The van der Waals surface area contributed by atoms with Gasteiger partial charge in [0.05, 0.1) is 0 Å². The fourth-order valence-corrected chi connectivity index (χ4v) is 3.76. The molecule has 1 aliphatic carbocycles. The van der Waals surface area contributed by atoms with E-state index in [2.05, 4.69) is 29.6 Å². The van der Waals surface area contributed by atoms with E-state index in [0.717, 1.165) is 0 Å². The Hall–Kier alpha value is -2.82. The molecular formula is C20H20N2O3. The Bertz CT molecular complexity index is 788. The molecule has 0 spiro atoms. The Balaban J connectivity index is 1.51. The molecule has 1 heterocycles. The molecule has 1 saturated heterocycles. The quantitative estimate of drug-likeness (QED) is 0.917. The van der Waals surface area contributed by atoms with E-state index in [1.165, 1.54) is 27.2 Å². The summed E-state index contributed by atoms with van der Waals surface area (Å²) in [6, 6.07) is 16.4. The van der Waals surface area contributed by atoms with Gasteiger partial charge in [-0.2, -0.15) is 0 Å². The highest BCUT2D eigenvalue weighted by molar-refractivity contribution is 5.84. The summed E-state index contributed by atoms with van der Waals surface area (Å²) in [7, 11) is 0. The summed E-state index contributed by atoms with van der Waals surface area (Å²) in [6.07, 6.45) is -0.427. The third-order valence-corrected chi connectivity index (χ3v) is 4.83. The first-order chi connectivity index (χ1) is 12.1. The van der Waals surface area contributed by atoms with Crippen molar-refractivity contribution in [2.24, 2.45) is 0 Å². The Morgan fingerprint density at radius 1 is 1.12 bits per heavy atom. The van der Waals surface area contributed by atoms with Gasteiger partial charge in [-0.3, -0.25) is 9.69 Å². The number of nitrogens with one attached hydrogen (secondary N) is 1. The van der Waals surface area contributed by atoms with Crippen LogP contribution in [-0.2, 0) is 9.53 Å². The van der Waals surface area contributed by atoms with Gasteiger partial charge in [-0.05, 0) is 29.2 Å². The Labute approximate surface area is 146 Å². The largest absolute Gasteiger partial charge is 0.448 e. The molecule has 0 aromatic heterocycles. The first-order valence-electron chi connectivity index (χ1n) is 8.53. The number of amides is 2. The minimum absolute atomic E-state index is 0.0346. The number of carbonyl (C=O) groups is 2. The number of rotatable bonds is 2. The van der Waals surface area contributed by atoms with E-state index in [1.54, 1.807) is 0 Å². The molecule has 0 radical (unpaired) electrons. The lowest BCUT2D eigenvalue weighted by Crippen LogP contribution is -2.54. The van der Waals surface area contributed by atoms with Crippen LogP contribution in [0.4, 0.5) is 4.79 Å². The fourth-order valence-electron chi connectivity index (χ4n) is 3.76. The standard InChI is InChI=1S/C20H20N2O3/c1-13-10-22(11-19(23)21-13)20(24)25-12-18-16-8-4-2-6-14(16)15-7-3-5-9-17(15)18/h2-9,13,18H,10-12H2,1H3,(H,21,23)/t13-/m1/s1. The molecule has 2 aromatic rings. The van der Waals surface area contributed by atoms with Gasteiger partial charge in [-0.1, -0.05) is 48.5 Å². The van der Waals surface area contributed by atoms with Crippen LogP contribution in [0.5, 0.6) is 0 Å². The molecule has 1 N–H and O–H groups in total. The van der Waals surface area contributed by atoms with E-state index in [1.807, 2.05) is 31.2 Å². The SMILES string of the molecule is C[C@@H]1CN(C(=O)OCC2c3ccccc3-c3ccccc32)CC(=O)N1. The number of piperazine rings is 1. The molecule has 1 fully saturated rings. The minimum Gasteiger partial charge on any atom is -0.448 e. The zero-order valence-electron chi connectivity index (χ0n) is 14.1. The van der Waals surface area contributed by atoms with Gasteiger partial charge in [0.25, 0.3) is 0 Å². The summed E-state index contributed by atoms with van der Waals surface area (Å²) in [5.74, 6) is -0.111. The van der Waals surface area contributed by atoms with Crippen molar-refractivity contribution in [3.05, 3.63) is 59.7 Å². The maximum Gasteiger partial charge on any atom is 0.410 e. The molecule has 128 valence electrons. The van der Waals surface area contributed by atoms with Crippen molar-refractivity contribution in [2.45, 2.75) is 18.9 Å². The molecule has 25 heavy (non-hydrogen) atoms. The van der Waals surface area contributed by atoms with E-state index in [4.69, 9.17) is 4.74 Å². The summed E-state index contributed by atoms with van der Waals surface area (Å²) in [5, 5.41) is 2.80. The van der Waals surface area contributed by atoms with Crippen molar-refractivity contribution >= 4 is 12.0 Å². The van der Waals surface area contributed by atoms with Crippen molar-refractivity contribution in [2.75, 3.05) is 19.7 Å². The van der Waals surface area contributed by atoms with Gasteiger partial charge in [0.15, 0.2) is 0 Å². The molecule has 1 atom stereocenters. The summed E-state index contributed by atoms with van der Waals surface area (Å²) in [4.78, 5) is 25.5. The first kappa shape index (κ1) is 15.7. The minimum atomic E-state index is -0.427. The maximum atomic E-state index is 12.4. The van der Waals surface area contributed by atoms with Crippen LogP contribution in [0.3, 0.4) is 0 Å². The van der Waals surface area contributed by atoms with Crippen LogP contribution in [0, 0.1) is 0 Å². The van der Waals surface area contributed by atoms with Crippen LogP contribution in [0.15, 0.2) is 48.5 Å². The van der Waals surface area contributed by atoms with E-state index < -0.39 is 6.09 Å². The van der Waals surface area contributed by atoms with Crippen molar-refractivity contribution < 1.29 is 14.3 Å². The molecule has 1 aliphatic heterocycles. The third-order valence-electron chi connectivity index (χ3n) is 4.83. The summed E-state index contributed by atoms with van der Waals surface area (Å²) >= 11 is 0. The zero-order valence-corrected chi connectivity index (χ0v) is 14.1. The number of hydrogen-bond donors (Lipinski definition) is 1. The van der Waals surface area contributed by atoms with E-state index in [0.29, 0.717) is 6.54 Å². The van der Waals surface area contributed by atoms with Gasteiger partial charge in [-0.15, -0.1) is 0 Å². The van der Waals surface area contributed by atoms with Gasteiger partial charge < -0.3 is 10.1 Å². The summed E-state index contributed by atoms with van der Waals surface area (Å²) in [5.41, 5.74) is 4.76. The van der Waals surface area contributed by atoms with Gasteiger partial charge in [0, 0.05) is 18.5 Å². The van der Waals surface area contributed by atoms with Gasteiger partial charge in [0.1, 0.15) is 13.2 Å². The van der Waals surface area contributed by atoms with E-state index in [9.17, 15) is 9.59 Å². The van der Waals surface area contributed by atoms with Crippen molar-refractivity contribution in [3.63, 3.8) is 0 Å². The number of carbonyl (C=O) groups excluding carboxylic acids is 2. The van der Waals surface area contributed by atoms with Crippen LogP contribution in [0.1, 0.15) is 24.0 Å². The zero-order chi connectivity index (χ0) is 17.4. The monoisotopic (exact) mass is 336 g/mol. The third kappa shape index (κ3) is 2.86. The second-order valence-corrected chi connectivity index (χ2v) is 6.65. The predicted octanol–water partition coefficient (Wildman–Crippen LogP) is 2.76. The number of nitrogens with zero attached hydrogens (tertiary/aromatic N) is 1. The van der Waals surface area contributed by atoms with Crippen molar-refractivity contribution in [1.29, 1.82) is 0 Å². The number of hydrogen-bond acceptors (Lipinski definition) is 3. The molecular weight excluding hydrogens is 316 g/mol.